The number of nitrogens with one attached hydrogen (secondary N) is 1. The second-order valence-corrected chi connectivity index (χ2v) is 8.67. The first kappa shape index (κ1) is 25.0. The van der Waals surface area contributed by atoms with Crippen LogP contribution in [0.4, 0.5) is 5.69 Å². The molecule has 2 amide bonds. The van der Waals surface area contributed by atoms with Gasteiger partial charge in [0.15, 0.2) is 11.5 Å². The predicted molar refractivity (Wildman–Crippen MR) is 142 cm³/mol. The Bertz CT molecular complexity index is 1230. The molecular weight excluding hydrogens is 454 g/mol. The summed E-state index contributed by atoms with van der Waals surface area (Å²) in [6.45, 7) is 3.17. The molecule has 1 saturated heterocycles. The maximum Gasteiger partial charge on any atom is 0.256 e. The Morgan fingerprint density at radius 1 is 0.806 bits per heavy atom. The van der Waals surface area contributed by atoms with Crippen LogP contribution in [0.1, 0.15) is 21.5 Å². The van der Waals surface area contributed by atoms with Gasteiger partial charge in [-0.05, 0) is 60.6 Å². The normalized spacial score (nSPS) is 14.3. The third-order valence-electron chi connectivity index (χ3n) is 6.23. The number of likely N-dealkylation sites (N-methyl/N-ethyl adjacent to an activating group) is 1. The second kappa shape index (κ2) is 11.6. The summed E-state index contributed by atoms with van der Waals surface area (Å²) in [4.78, 5) is 30.3. The molecule has 3 aromatic rings. The van der Waals surface area contributed by atoms with Gasteiger partial charge in [-0.1, -0.05) is 36.4 Å². The van der Waals surface area contributed by atoms with Crippen LogP contribution in [0.5, 0.6) is 11.5 Å². The Morgan fingerprint density at radius 2 is 1.47 bits per heavy atom. The monoisotopic (exact) mass is 485 g/mol. The average Bonchev–Trinajstić information content (AvgIpc) is 2.92. The van der Waals surface area contributed by atoms with Crippen molar-refractivity contribution in [2.75, 3.05) is 52.8 Å². The first-order valence-corrected chi connectivity index (χ1v) is 11.9. The summed E-state index contributed by atoms with van der Waals surface area (Å²) >= 11 is 0. The van der Waals surface area contributed by atoms with Gasteiger partial charge in [0.05, 0.1) is 14.2 Å². The number of carbonyl (C=O) groups is 2. The molecule has 0 spiro atoms. The van der Waals surface area contributed by atoms with Crippen molar-refractivity contribution in [2.45, 2.75) is 0 Å². The second-order valence-electron chi connectivity index (χ2n) is 8.67. The van der Waals surface area contributed by atoms with E-state index in [1.165, 1.54) is 0 Å². The summed E-state index contributed by atoms with van der Waals surface area (Å²) in [7, 11) is 5.22. The Hall–Kier alpha value is -4.10. The van der Waals surface area contributed by atoms with Crippen LogP contribution in [0, 0.1) is 0 Å². The number of carbonyl (C=O) groups excluding carboxylic acids is 2. The first-order chi connectivity index (χ1) is 17.5. The molecule has 1 fully saturated rings. The van der Waals surface area contributed by atoms with Crippen molar-refractivity contribution >= 4 is 29.2 Å². The lowest BCUT2D eigenvalue weighted by atomic mass is 10.0. The Balaban J connectivity index is 1.54. The topological polar surface area (TPSA) is 71.1 Å². The molecule has 7 heteroatoms. The van der Waals surface area contributed by atoms with Gasteiger partial charge in [0.25, 0.3) is 11.8 Å². The zero-order valence-electron chi connectivity index (χ0n) is 20.9. The number of hydrogen-bond acceptors (Lipinski definition) is 5. The van der Waals surface area contributed by atoms with Crippen molar-refractivity contribution in [3.05, 3.63) is 89.5 Å². The fourth-order valence-corrected chi connectivity index (χ4v) is 4.09. The SMILES string of the molecule is COc1ccc(/C=C(/C(=O)Nc2ccc(C(=O)N3CCN(C)CC3)cc2)c2ccccc2)cc1OC. The van der Waals surface area contributed by atoms with Crippen molar-refractivity contribution in [3.8, 4) is 11.5 Å². The summed E-state index contributed by atoms with van der Waals surface area (Å²) in [5.41, 5.74) is 3.31. The van der Waals surface area contributed by atoms with E-state index in [1.54, 1.807) is 44.6 Å². The van der Waals surface area contributed by atoms with Gasteiger partial charge in [-0.2, -0.15) is 0 Å². The molecule has 4 rings (SSSR count). The van der Waals surface area contributed by atoms with Crippen molar-refractivity contribution < 1.29 is 19.1 Å². The van der Waals surface area contributed by atoms with Gasteiger partial charge >= 0.3 is 0 Å². The van der Waals surface area contributed by atoms with Gasteiger partial charge in [0, 0.05) is 43.0 Å². The number of amides is 2. The fourth-order valence-electron chi connectivity index (χ4n) is 4.09. The van der Waals surface area contributed by atoms with E-state index < -0.39 is 0 Å². The number of ether oxygens (including phenoxy) is 2. The maximum absolute atomic E-state index is 13.4. The van der Waals surface area contributed by atoms with Crippen LogP contribution in [0.2, 0.25) is 0 Å². The number of rotatable bonds is 7. The van der Waals surface area contributed by atoms with E-state index in [2.05, 4.69) is 17.3 Å². The molecule has 0 unspecified atom stereocenters. The minimum atomic E-state index is -0.255. The highest BCUT2D eigenvalue weighted by atomic mass is 16.5. The van der Waals surface area contributed by atoms with E-state index in [-0.39, 0.29) is 11.8 Å². The molecule has 1 heterocycles. The predicted octanol–water partition coefficient (Wildman–Crippen LogP) is 4.27. The Morgan fingerprint density at radius 3 is 2.11 bits per heavy atom. The zero-order valence-corrected chi connectivity index (χ0v) is 20.9. The van der Waals surface area contributed by atoms with E-state index in [4.69, 9.17) is 9.47 Å². The van der Waals surface area contributed by atoms with Crippen LogP contribution >= 0.6 is 0 Å². The van der Waals surface area contributed by atoms with Crippen LogP contribution in [0.25, 0.3) is 11.6 Å². The van der Waals surface area contributed by atoms with Crippen molar-refractivity contribution in [1.29, 1.82) is 0 Å². The summed E-state index contributed by atoms with van der Waals surface area (Å²) in [5.74, 6) is 0.958. The molecule has 36 heavy (non-hydrogen) atoms. The van der Waals surface area contributed by atoms with E-state index in [0.717, 1.165) is 37.3 Å². The Kier molecular flexibility index (Phi) is 8.02. The third-order valence-corrected chi connectivity index (χ3v) is 6.23. The molecule has 1 aliphatic heterocycles. The minimum absolute atomic E-state index is 0.0132. The third kappa shape index (κ3) is 5.93. The zero-order chi connectivity index (χ0) is 25.5. The van der Waals surface area contributed by atoms with Gasteiger partial charge in [-0.3, -0.25) is 9.59 Å². The molecule has 0 radical (unpaired) electrons. The maximum atomic E-state index is 13.4. The van der Waals surface area contributed by atoms with Gasteiger partial charge in [-0.15, -0.1) is 0 Å². The lowest BCUT2D eigenvalue weighted by Crippen LogP contribution is -2.47. The van der Waals surface area contributed by atoms with Crippen LogP contribution in [0.3, 0.4) is 0 Å². The number of piperazine rings is 1. The number of benzene rings is 3. The number of methoxy groups -OCH3 is 2. The molecule has 1 aliphatic rings. The van der Waals surface area contributed by atoms with E-state index in [0.29, 0.717) is 28.3 Å². The van der Waals surface area contributed by atoms with Gasteiger partial charge in [0.2, 0.25) is 0 Å². The molecule has 0 saturated carbocycles. The molecule has 3 aromatic carbocycles. The summed E-state index contributed by atoms with van der Waals surface area (Å²) in [6.07, 6.45) is 1.82. The molecule has 0 aliphatic carbocycles. The highest BCUT2D eigenvalue weighted by Crippen LogP contribution is 2.30. The molecular formula is C29H31N3O4. The molecule has 186 valence electrons. The Labute approximate surface area is 211 Å². The smallest absolute Gasteiger partial charge is 0.256 e. The highest BCUT2D eigenvalue weighted by molar-refractivity contribution is 6.29. The summed E-state index contributed by atoms with van der Waals surface area (Å²) in [6, 6.07) is 22.0. The lowest BCUT2D eigenvalue weighted by molar-refractivity contribution is -0.111. The fraction of sp³-hybridized carbons (Fsp3) is 0.241. The number of anilines is 1. The number of nitrogens with zero attached hydrogens (tertiary/aromatic N) is 2. The van der Waals surface area contributed by atoms with E-state index in [9.17, 15) is 9.59 Å². The van der Waals surface area contributed by atoms with Crippen LogP contribution in [0.15, 0.2) is 72.8 Å². The van der Waals surface area contributed by atoms with Crippen molar-refractivity contribution in [1.82, 2.24) is 9.80 Å². The average molecular weight is 486 g/mol. The summed E-state index contributed by atoms with van der Waals surface area (Å²) < 4.78 is 10.7. The van der Waals surface area contributed by atoms with Crippen LogP contribution in [-0.4, -0.2) is 69.1 Å². The van der Waals surface area contributed by atoms with E-state index in [1.807, 2.05) is 53.4 Å². The molecule has 0 atom stereocenters. The molecule has 0 bridgehead atoms. The van der Waals surface area contributed by atoms with Crippen LogP contribution < -0.4 is 14.8 Å². The molecule has 0 aromatic heterocycles. The van der Waals surface area contributed by atoms with Gasteiger partial charge < -0.3 is 24.6 Å². The molecule has 1 N–H and O–H groups in total. The lowest BCUT2D eigenvalue weighted by Gasteiger charge is -2.32. The number of hydrogen-bond donors (Lipinski definition) is 1. The van der Waals surface area contributed by atoms with Crippen LogP contribution in [-0.2, 0) is 4.79 Å². The van der Waals surface area contributed by atoms with Crippen molar-refractivity contribution in [3.63, 3.8) is 0 Å². The van der Waals surface area contributed by atoms with E-state index >= 15 is 0 Å². The minimum Gasteiger partial charge on any atom is -0.493 e. The largest absolute Gasteiger partial charge is 0.493 e. The highest BCUT2D eigenvalue weighted by Gasteiger charge is 2.20. The van der Waals surface area contributed by atoms with Gasteiger partial charge in [0.1, 0.15) is 0 Å². The summed E-state index contributed by atoms with van der Waals surface area (Å²) in [5, 5.41) is 2.97. The van der Waals surface area contributed by atoms with Crippen molar-refractivity contribution in [2.24, 2.45) is 0 Å². The quantitative estimate of drug-likeness (QED) is 0.400. The standard InChI is InChI=1S/C29H31N3O4/c1-31-15-17-32(18-16-31)29(34)23-10-12-24(13-11-23)30-28(33)25(22-7-5-4-6-8-22)19-21-9-14-26(35-2)27(20-21)36-3/h4-14,19-20H,15-18H2,1-3H3,(H,30,33)/b25-19+. The van der Waals surface area contributed by atoms with Gasteiger partial charge in [-0.25, -0.2) is 0 Å². The first-order valence-electron chi connectivity index (χ1n) is 11.9. The molecule has 7 nitrogen and oxygen atoms in total.